The van der Waals surface area contributed by atoms with E-state index in [1.54, 1.807) is 4.68 Å². The molecular weight excluding hydrogens is 252 g/mol. The third-order valence-corrected chi connectivity index (χ3v) is 3.42. The maximum atomic E-state index is 11.8. The van der Waals surface area contributed by atoms with Gasteiger partial charge in [0.25, 0.3) is 0 Å². The van der Waals surface area contributed by atoms with E-state index in [4.69, 9.17) is 5.73 Å². The van der Waals surface area contributed by atoms with Crippen LogP contribution in [0.25, 0.3) is 0 Å². The molecule has 0 saturated heterocycles. The summed E-state index contributed by atoms with van der Waals surface area (Å²) in [6.45, 7) is 8.48. The van der Waals surface area contributed by atoms with Gasteiger partial charge in [0.15, 0.2) is 20.6 Å². The van der Waals surface area contributed by atoms with Crippen molar-refractivity contribution in [2.75, 3.05) is 17.3 Å². The van der Waals surface area contributed by atoms with Gasteiger partial charge in [0.1, 0.15) is 5.82 Å². The van der Waals surface area contributed by atoms with Crippen molar-refractivity contribution in [1.82, 2.24) is 9.78 Å². The molecule has 0 fully saturated rings. The lowest BCUT2D eigenvalue weighted by atomic mass is 10.2. The number of hydrogen-bond acceptors (Lipinski definition) is 5. The van der Waals surface area contributed by atoms with Gasteiger partial charge in [-0.2, -0.15) is 5.10 Å². The van der Waals surface area contributed by atoms with Crippen LogP contribution in [-0.4, -0.2) is 30.5 Å². The molecule has 1 heterocycles. The zero-order valence-corrected chi connectivity index (χ0v) is 12.4. The minimum atomic E-state index is -3.40. The average Bonchev–Trinajstić information content (AvgIpc) is 2.39. The number of aromatic nitrogens is 2. The molecule has 0 saturated carbocycles. The molecular formula is C11H22N4O2S. The van der Waals surface area contributed by atoms with Gasteiger partial charge in [-0.15, -0.1) is 0 Å². The van der Waals surface area contributed by atoms with Crippen molar-refractivity contribution in [3.8, 4) is 0 Å². The zero-order valence-electron chi connectivity index (χ0n) is 11.6. The molecule has 1 aromatic heterocycles. The Labute approximate surface area is 108 Å². The molecule has 0 aromatic carbocycles. The van der Waals surface area contributed by atoms with E-state index in [0.717, 1.165) is 6.26 Å². The summed E-state index contributed by atoms with van der Waals surface area (Å²) in [7, 11) is -3.40. The second-order valence-corrected chi connectivity index (χ2v) is 7.16. The Morgan fingerprint density at radius 2 is 1.89 bits per heavy atom. The lowest BCUT2D eigenvalue weighted by Gasteiger charge is -2.07. The summed E-state index contributed by atoms with van der Waals surface area (Å²) in [6, 6.07) is 0.0901. The summed E-state index contributed by atoms with van der Waals surface area (Å²) in [5, 5.41) is 7.28. The largest absolute Gasteiger partial charge is 0.383 e. The Hall–Kier alpha value is -1.24. The van der Waals surface area contributed by atoms with E-state index in [0.29, 0.717) is 18.3 Å². The first-order chi connectivity index (χ1) is 8.12. The monoisotopic (exact) mass is 274 g/mol. The van der Waals surface area contributed by atoms with Crippen molar-refractivity contribution >= 4 is 21.5 Å². The van der Waals surface area contributed by atoms with Crippen LogP contribution in [0.3, 0.4) is 0 Å². The van der Waals surface area contributed by atoms with Crippen LogP contribution >= 0.6 is 0 Å². The third kappa shape index (κ3) is 3.38. The van der Waals surface area contributed by atoms with Gasteiger partial charge in [0.2, 0.25) is 0 Å². The van der Waals surface area contributed by atoms with E-state index in [1.807, 2.05) is 27.7 Å². The van der Waals surface area contributed by atoms with E-state index in [2.05, 4.69) is 10.4 Å². The minimum absolute atomic E-state index is 0.0901. The van der Waals surface area contributed by atoms with Crippen molar-refractivity contribution in [2.45, 2.75) is 45.2 Å². The SMILES string of the molecule is CC(C)Cn1nc(NC(C)C)c(S(C)(=O)=O)c1N. The molecule has 6 nitrogen and oxygen atoms in total. The van der Waals surface area contributed by atoms with E-state index in [-0.39, 0.29) is 16.8 Å². The van der Waals surface area contributed by atoms with Gasteiger partial charge in [-0.25, -0.2) is 13.1 Å². The second kappa shape index (κ2) is 5.17. The van der Waals surface area contributed by atoms with Gasteiger partial charge < -0.3 is 11.1 Å². The zero-order chi connectivity index (χ0) is 14.1. The second-order valence-electron chi connectivity index (χ2n) is 5.21. The van der Waals surface area contributed by atoms with Crippen LogP contribution in [0.5, 0.6) is 0 Å². The lowest BCUT2D eigenvalue weighted by molar-refractivity contribution is 0.488. The van der Waals surface area contributed by atoms with Gasteiger partial charge >= 0.3 is 0 Å². The van der Waals surface area contributed by atoms with Gasteiger partial charge in [0.05, 0.1) is 0 Å². The smallest absolute Gasteiger partial charge is 0.182 e. The number of nitrogen functional groups attached to an aromatic ring is 1. The molecule has 0 atom stereocenters. The van der Waals surface area contributed by atoms with E-state index < -0.39 is 9.84 Å². The fourth-order valence-corrected chi connectivity index (χ4v) is 2.61. The molecule has 7 heteroatoms. The molecule has 0 aliphatic carbocycles. The number of nitrogens with zero attached hydrogens (tertiary/aromatic N) is 2. The normalized spacial score (nSPS) is 12.4. The van der Waals surface area contributed by atoms with E-state index >= 15 is 0 Å². The summed E-state index contributed by atoms with van der Waals surface area (Å²) < 4.78 is 25.1. The number of nitrogens with two attached hydrogens (primary N) is 1. The summed E-state index contributed by atoms with van der Waals surface area (Å²) in [4.78, 5) is 0.0943. The van der Waals surface area contributed by atoms with Crippen molar-refractivity contribution in [2.24, 2.45) is 5.92 Å². The number of rotatable bonds is 5. The standard InChI is InChI=1S/C11H22N4O2S/c1-7(2)6-15-10(12)9(18(5,16)17)11(14-15)13-8(3)4/h7-8H,6,12H2,1-5H3,(H,13,14). The first-order valence-corrected chi connectivity index (χ1v) is 7.85. The molecule has 3 N–H and O–H groups in total. The molecule has 104 valence electrons. The maximum absolute atomic E-state index is 11.8. The summed E-state index contributed by atoms with van der Waals surface area (Å²) in [6.07, 6.45) is 1.14. The molecule has 0 aliphatic heterocycles. The Morgan fingerprint density at radius 3 is 2.28 bits per heavy atom. The number of nitrogens with one attached hydrogen (secondary N) is 1. The molecule has 0 radical (unpaired) electrons. The van der Waals surface area contributed by atoms with Crippen LogP contribution < -0.4 is 11.1 Å². The topological polar surface area (TPSA) is 90.0 Å². The predicted molar refractivity (Wildman–Crippen MR) is 73.3 cm³/mol. The Kier molecular flexibility index (Phi) is 4.26. The van der Waals surface area contributed by atoms with Crippen LogP contribution in [0.15, 0.2) is 4.90 Å². The Balaban J connectivity index is 3.32. The molecule has 0 bridgehead atoms. The molecule has 1 rings (SSSR count). The molecule has 0 unspecified atom stereocenters. The Morgan fingerprint density at radius 1 is 1.33 bits per heavy atom. The molecule has 0 amide bonds. The highest BCUT2D eigenvalue weighted by molar-refractivity contribution is 7.91. The Bertz CT molecular complexity index is 517. The van der Waals surface area contributed by atoms with E-state index in [9.17, 15) is 8.42 Å². The fourth-order valence-electron chi connectivity index (χ4n) is 1.68. The highest BCUT2D eigenvalue weighted by atomic mass is 32.2. The average molecular weight is 274 g/mol. The number of sulfone groups is 1. The van der Waals surface area contributed by atoms with Gasteiger partial charge in [-0.05, 0) is 19.8 Å². The molecule has 18 heavy (non-hydrogen) atoms. The number of hydrogen-bond donors (Lipinski definition) is 2. The predicted octanol–water partition coefficient (Wildman–Crippen LogP) is 1.35. The molecule has 0 aliphatic rings. The van der Waals surface area contributed by atoms with Crippen LogP contribution in [0.1, 0.15) is 27.7 Å². The van der Waals surface area contributed by atoms with Gasteiger partial charge in [0, 0.05) is 18.8 Å². The van der Waals surface area contributed by atoms with Crippen molar-refractivity contribution in [1.29, 1.82) is 0 Å². The first-order valence-electron chi connectivity index (χ1n) is 5.95. The van der Waals surface area contributed by atoms with Crippen molar-refractivity contribution in [3.05, 3.63) is 0 Å². The van der Waals surface area contributed by atoms with Crippen molar-refractivity contribution in [3.63, 3.8) is 0 Å². The number of anilines is 2. The van der Waals surface area contributed by atoms with Crippen LogP contribution in [0.2, 0.25) is 0 Å². The maximum Gasteiger partial charge on any atom is 0.182 e. The summed E-state index contributed by atoms with van der Waals surface area (Å²) >= 11 is 0. The van der Waals surface area contributed by atoms with Crippen LogP contribution in [-0.2, 0) is 16.4 Å². The third-order valence-electron chi connectivity index (χ3n) is 2.28. The summed E-state index contributed by atoms with van der Waals surface area (Å²) in [5.41, 5.74) is 5.90. The summed E-state index contributed by atoms with van der Waals surface area (Å²) in [5.74, 6) is 0.881. The molecule has 1 aromatic rings. The van der Waals surface area contributed by atoms with Crippen molar-refractivity contribution < 1.29 is 8.42 Å². The van der Waals surface area contributed by atoms with Crippen LogP contribution in [0, 0.1) is 5.92 Å². The lowest BCUT2D eigenvalue weighted by Crippen LogP contribution is -2.13. The van der Waals surface area contributed by atoms with Gasteiger partial charge in [-0.1, -0.05) is 13.8 Å². The van der Waals surface area contributed by atoms with Gasteiger partial charge in [-0.3, -0.25) is 0 Å². The first kappa shape index (κ1) is 14.8. The highest BCUT2D eigenvalue weighted by Gasteiger charge is 2.24. The fraction of sp³-hybridized carbons (Fsp3) is 0.727. The molecule has 0 spiro atoms. The highest BCUT2D eigenvalue weighted by Crippen LogP contribution is 2.28. The van der Waals surface area contributed by atoms with E-state index in [1.165, 1.54) is 0 Å². The van der Waals surface area contributed by atoms with Crippen LogP contribution in [0.4, 0.5) is 11.6 Å². The minimum Gasteiger partial charge on any atom is -0.383 e. The quantitative estimate of drug-likeness (QED) is 0.845.